The number of hydrogen-bond acceptors (Lipinski definition) is 6. The number of rotatable bonds is 8. The van der Waals surface area contributed by atoms with Gasteiger partial charge in [-0.25, -0.2) is 4.99 Å². The Kier molecular flexibility index (Phi) is 7.20. The van der Waals surface area contributed by atoms with Gasteiger partial charge in [-0.3, -0.25) is 10.1 Å². The molecule has 5 rings (SSSR count). The van der Waals surface area contributed by atoms with Gasteiger partial charge in [0.15, 0.2) is 0 Å². The smallest absolute Gasteiger partial charge is 0.432 e. The lowest BCUT2D eigenvalue weighted by molar-refractivity contribution is -0.141. The Labute approximate surface area is 217 Å². The molecule has 2 aromatic carbocycles. The lowest BCUT2D eigenvalue weighted by Crippen LogP contribution is -2.24. The number of pyridine rings is 1. The maximum atomic E-state index is 13.3. The highest BCUT2D eigenvalue weighted by Gasteiger charge is 2.34. The van der Waals surface area contributed by atoms with Crippen LogP contribution in [0.15, 0.2) is 84.1 Å². The highest BCUT2D eigenvalue weighted by molar-refractivity contribution is 5.95. The van der Waals surface area contributed by atoms with E-state index in [0.717, 1.165) is 23.7 Å². The Bertz CT molecular complexity index is 1470. The van der Waals surface area contributed by atoms with Crippen molar-refractivity contribution in [2.75, 3.05) is 6.54 Å². The molecular formula is C28H23F3N6O. The molecule has 1 saturated carbocycles. The summed E-state index contributed by atoms with van der Waals surface area (Å²) in [7, 11) is 0. The van der Waals surface area contributed by atoms with Crippen LogP contribution in [-0.2, 0) is 6.18 Å². The number of nitriles is 1. The predicted molar refractivity (Wildman–Crippen MR) is 135 cm³/mol. The molecule has 0 amide bonds. The topological polar surface area (TPSA) is 99.0 Å². The van der Waals surface area contributed by atoms with E-state index in [1.807, 2.05) is 41.5 Å². The van der Waals surface area contributed by atoms with Crippen LogP contribution >= 0.6 is 0 Å². The molecule has 1 unspecified atom stereocenters. The van der Waals surface area contributed by atoms with E-state index in [1.54, 1.807) is 36.7 Å². The first kappa shape index (κ1) is 25.2. The largest absolute Gasteiger partial charge is 0.437 e. The fraction of sp³-hybridized carbons (Fsp3) is 0.214. The molecule has 1 aliphatic carbocycles. The van der Waals surface area contributed by atoms with Gasteiger partial charge in [0, 0.05) is 18.5 Å². The van der Waals surface area contributed by atoms with Gasteiger partial charge < -0.3 is 10.1 Å². The van der Waals surface area contributed by atoms with Crippen molar-refractivity contribution >= 4 is 11.6 Å². The predicted octanol–water partition coefficient (Wildman–Crippen LogP) is 5.94. The Morgan fingerprint density at radius 3 is 2.63 bits per heavy atom. The molecule has 2 heterocycles. The van der Waals surface area contributed by atoms with Crippen molar-refractivity contribution in [3.05, 3.63) is 107 Å². The number of halogens is 3. The van der Waals surface area contributed by atoms with Crippen molar-refractivity contribution in [2.24, 2.45) is 10.9 Å². The molecule has 1 fully saturated rings. The standard InChI is InChI=1S/C28H23F3N6O/c29-28(30,31)25-14-24(36-37-25)27(38-23-8-1-4-19(12-23)15-32)35-22-7-2-5-20(13-22)26(34-16-18-9-10-18)21-6-3-11-33-17-21/h1-8,11-14,17-18,26,34H,9-10,16H2,(H,36,37). The second kappa shape index (κ2) is 10.9. The highest BCUT2D eigenvalue weighted by Crippen LogP contribution is 2.32. The first-order valence-corrected chi connectivity index (χ1v) is 12.0. The van der Waals surface area contributed by atoms with E-state index in [1.165, 1.54) is 18.9 Å². The van der Waals surface area contributed by atoms with Crippen molar-refractivity contribution in [3.8, 4) is 11.8 Å². The molecule has 0 spiro atoms. The van der Waals surface area contributed by atoms with Crippen molar-refractivity contribution in [1.82, 2.24) is 20.5 Å². The number of benzene rings is 2. The zero-order valence-electron chi connectivity index (χ0n) is 20.1. The number of hydrogen-bond donors (Lipinski definition) is 2. The van der Waals surface area contributed by atoms with E-state index in [0.29, 0.717) is 17.2 Å². The third kappa shape index (κ3) is 6.25. The second-order valence-corrected chi connectivity index (χ2v) is 8.99. The van der Waals surface area contributed by atoms with E-state index in [9.17, 15) is 18.4 Å². The molecule has 0 radical (unpaired) electrons. The Morgan fingerprint density at radius 1 is 1.11 bits per heavy atom. The summed E-state index contributed by atoms with van der Waals surface area (Å²) in [5.41, 5.74) is 1.56. The van der Waals surface area contributed by atoms with Gasteiger partial charge in [-0.1, -0.05) is 24.3 Å². The average molecular weight is 517 g/mol. The number of ether oxygens (including phenoxy) is 1. The molecule has 38 heavy (non-hydrogen) atoms. The van der Waals surface area contributed by atoms with Gasteiger partial charge in [0.1, 0.15) is 17.1 Å². The minimum Gasteiger partial charge on any atom is -0.437 e. The fourth-order valence-electron chi connectivity index (χ4n) is 3.92. The van der Waals surface area contributed by atoms with E-state index >= 15 is 0 Å². The number of alkyl halides is 3. The van der Waals surface area contributed by atoms with Gasteiger partial charge in [0.2, 0.25) is 5.90 Å². The average Bonchev–Trinajstić information content (AvgIpc) is 3.60. The summed E-state index contributed by atoms with van der Waals surface area (Å²) in [4.78, 5) is 8.79. The maximum absolute atomic E-state index is 13.3. The maximum Gasteiger partial charge on any atom is 0.432 e. The van der Waals surface area contributed by atoms with Gasteiger partial charge in [0.25, 0.3) is 0 Å². The minimum absolute atomic E-state index is 0.124. The van der Waals surface area contributed by atoms with E-state index in [2.05, 4.69) is 20.4 Å². The van der Waals surface area contributed by atoms with Crippen molar-refractivity contribution in [2.45, 2.75) is 25.1 Å². The molecular weight excluding hydrogens is 493 g/mol. The van der Waals surface area contributed by atoms with Crippen LogP contribution in [0, 0.1) is 17.2 Å². The van der Waals surface area contributed by atoms with Gasteiger partial charge in [0.05, 0.1) is 23.4 Å². The molecule has 1 aliphatic rings. The number of aromatic nitrogens is 3. The first-order chi connectivity index (χ1) is 18.4. The third-order valence-electron chi connectivity index (χ3n) is 6.04. The molecule has 0 saturated heterocycles. The fourth-order valence-corrected chi connectivity index (χ4v) is 3.92. The van der Waals surface area contributed by atoms with Crippen LogP contribution in [0.4, 0.5) is 18.9 Å². The lowest BCUT2D eigenvalue weighted by atomic mass is 9.99. The molecule has 2 N–H and O–H groups in total. The summed E-state index contributed by atoms with van der Waals surface area (Å²) in [5, 5.41) is 18.6. The summed E-state index contributed by atoms with van der Waals surface area (Å²) < 4.78 is 45.6. The zero-order valence-corrected chi connectivity index (χ0v) is 20.1. The van der Waals surface area contributed by atoms with Crippen molar-refractivity contribution in [1.29, 1.82) is 5.26 Å². The number of nitrogens with zero attached hydrogens (tertiary/aromatic N) is 4. The Hall–Kier alpha value is -4.49. The number of aliphatic imine (C=N–C) groups is 1. The van der Waals surface area contributed by atoms with Crippen LogP contribution in [0.2, 0.25) is 0 Å². The SMILES string of the molecule is N#Cc1cccc(OC(=Nc2cccc(C(NCC3CC3)c3cccnc3)c2)c2cc(C(F)(F)F)[nH]n2)c1. The molecule has 7 nitrogen and oxygen atoms in total. The monoisotopic (exact) mass is 516 g/mol. The molecule has 1 atom stereocenters. The Balaban J connectivity index is 1.51. The summed E-state index contributed by atoms with van der Waals surface area (Å²) >= 11 is 0. The third-order valence-corrected chi connectivity index (χ3v) is 6.04. The van der Waals surface area contributed by atoms with E-state index in [4.69, 9.17) is 4.74 Å². The minimum atomic E-state index is -4.61. The van der Waals surface area contributed by atoms with Crippen LogP contribution < -0.4 is 10.1 Å². The molecule has 2 aromatic heterocycles. The van der Waals surface area contributed by atoms with E-state index < -0.39 is 11.9 Å². The van der Waals surface area contributed by atoms with Gasteiger partial charge >= 0.3 is 6.18 Å². The van der Waals surface area contributed by atoms with Crippen LogP contribution in [0.1, 0.15) is 47.0 Å². The highest BCUT2D eigenvalue weighted by atomic mass is 19.4. The quantitative estimate of drug-likeness (QED) is 0.223. The van der Waals surface area contributed by atoms with Crippen molar-refractivity contribution in [3.63, 3.8) is 0 Å². The van der Waals surface area contributed by atoms with Crippen LogP contribution in [0.25, 0.3) is 0 Å². The number of aromatic amines is 1. The normalized spacial score (nSPS) is 14.6. The summed E-state index contributed by atoms with van der Waals surface area (Å²) in [6.45, 7) is 0.865. The molecule has 192 valence electrons. The molecule has 4 aromatic rings. The van der Waals surface area contributed by atoms with Gasteiger partial charge in [-0.2, -0.15) is 23.5 Å². The molecule has 0 aliphatic heterocycles. The van der Waals surface area contributed by atoms with Crippen LogP contribution in [0.5, 0.6) is 5.75 Å². The number of H-pyrrole nitrogens is 1. The summed E-state index contributed by atoms with van der Waals surface area (Å²) in [6.07, 6.45) is 1.32. The summed E-state index contributed by atoms with van der Waals surface area (Å²) in [6, 6.07) is 20.2. The van der Waals surface area contributed by atoms with Gasteiger partial charge in [-0.05, 0) is 72.8 Å². The van der Waals surface area contributed by atoms with Crippen LogP contribution in [0.3, 0.4) is 0 Å². The van der Waals surface area contributed by atoms with Crippen LogP contribution in [-0.4, -0.2) is 27.6 Å². The Morgan fingerprint density at radius 2 is 1.92 bits per heavy atom. The van der Waals surface area contributed by atoms with Crippen molar-refractivity contribution < 1.29 is 17.9 Å². The molecule has 0 bridgehead atoms. The lowest BCUT2D eigenvalue weighted by Gasteiger charge is -2.20. The van der Waals surface area contributed by atoms with Gasteiger partial charge in [-0.15, -0.1) is 0 Å². The summed E-state index contributed by atoms with van der Waals surface area (Å²) in [5.74, 6) is 0.754. The zero-order chi connectivity index (χ0) is 26.5. The molecule has 10 heteroatoms. The number of nitrogens with one attached hydrogen (secondary N) is 2. The second-order valence-electron chi connectivity index (χ2n) is 8.99. The van der Waals surface area contributed by atoms with E-state index in [-0.39, 0.29) is 23.4 Å². The first-order valence-electron chi connectivity index (χ1n) is 12.0.